The number of aliphatic hydroxyl groups is 1. The smallest absolute Gasteiger partial charge is 0.122 e. The first-order valence-electron chi connectivity index (χ1n) is 7.09. The van der Waals surface area contributed by atoms with Crippen molar-refractivity contribution in [2.45, 2.75) is 39.9 Å². The Morgan fingerprint density at radius 3 is 2.25 bits per heavy atom. The van der Waals surface area contributed by atoms with Crippen LogP contribution >= 0.6 is 0 Å². The normalized spacial score (nSPS) is 12.2. The van der Waals surface area contributed by atoms with Gasteiger partial charge in [-0.3, -0.25) is 0 Å². The monoisotopic (exact) mass is 270 g/mol. The van der Waals surface area contributed by atoms with Crippen LogP contribution in [0.3, 0.4) is 0 Å². The molecule has 2 aromatic rings. The van der Waals surface area contributed by atoms with E-state index in [1.807, 2.05) is 25.1 Å². The Morgan fingerprint density at radius 2 is 1.70 bits per heavy atom. The number of hydrogen-bond donors (Lipinski definition) is 1. The molecule has 0 saturated heterocycles. The van der Waals surface area contributed by atoms with Crippen molar-refractivity contribution < 1.29 is 9.84 Å². The second-order valence-electron chi connectivity index (χ2n) is 5.16. The van der Waals surface area contributed by atoms with Gasteiger partial charge >= 0.3 is 0 Å². The zero-order chi connectivity index (χ0) is 14.5. The Bertz CT molecular complexity index is 556. The van der Waals surface area contributed by atoms with Crippen molar-refractivity contribution in [2.75, 3.05) is 0 Å². The molecule has 0 amide bonds. The summed E-state index contributed by atoms with van der Waals surface area (Å²) in [5.74, 6) is 0.869. The summed E-state index contributed by atoms with van der Waals surface area (Å²) in [6.45, 7) is 6.49. The van der Waals surface area contributed by atoms with Crippen LogP contribution in [-0.2, 0) is 13.0 Å². The maximum atomic E-state index is 9.56. The van der Waals surface area contributed by atoms with Gasteiger partial charge in [-0.15, -0.1) is 0 Å². The van der Waals surface area contributed by atoms with Gasteiger partial charge in [0.15, 0.2) is 0 Å². The van der Waals surface area contributed by atoms with Crippen LogP contribution in [0.5, 0.6) is 5.75 Å². The van der Waals surface area contributed by atoms with Crippen LogP contribution in [0, 0.1) is 6.92 Å². The van der Waals surface area contributed by atoms with E-state index in [4.69, 9.17) is 4.74 Å². The first-order chi connectivity index (χ1) is 9.60. The number of rotatable bonds is 5. The van der Waals surface area contributed by atoms with E-state index in [1.54, 1.807) is 6.92 Å². The number of aliphatic hydroxyl groups excluding tert-OH is 1. The number of ether oxygens (including phenoxy) is 1. The summed E-state index contributed by atoms with van der Waals surface area (Å²) in [5, 5.41) is 9.56. The minimum atomic E-state index is -0.440. The van der Waals surface area contributed by atoms with Gasteiger partial charge in [-0.2, -0.15) is 0 Å². The van der Waals surface area contributed by atoms with E-state index in [2.05, 4.69) is 31.2 Å². The molecule has 0 bridgehead atoms. The molecule has 0 heterocycles. The lowest BCUT2D eigenvalue weighted by Gasteiger charge is -2.12. The van der Waals surface area contributed by atoms with Crippen molar-refractivity contribution in [2.24, 2.45) is 0 Å². The fourth-order valence-corrected chi connectivity index (χ4v) is 2.13. The van der Waals surface area contributed by atoms with Gasteiger partial charge < -0.3 is 9.84 Å². The van der Waals surface area contributed by atoms with E-state index < -0.39 is 6.10 Å². The third-order valence-electron chi connectivity index (χ3n) is 3.51. The van der Waals surface area contributed by atoms with E-state index in [1.165, 1.54) is 11.1 Å². The van der Waals surface area contributed by atoms with E-state index >= 15 is 0 Å². The Kier molecular flexibility index (Phi) is 4.80. The maximum absolute atomic E-state index is 9.56. The molecule has 0 aliphatic carbocycles. The highest BCUT2D eigenvalue weighted by atomic mass is 16.5. The molecule has 106 valence electrons. The van der Waals surface area contributed by atoms with Gasteiger partial charge in [0.2, 0.25) is 0 Å². The van der Waals surface area contributed by atoms with Gasteiger partial charge in [-0.1, -0.05) is 37.3 Å². The summed E-state index contributed by atoms with van der Waals surface area (Å²) < 4.78 is 5.85. The van der Waals surface area contributed by atoms with Crippen LogP contribution in [0.15, 0.2) is 42.5 Å². The van der Waals surface area contributed by atoms with Crippen LogP contribution in [0.4, 0.5) is 0 Å². The average molecular weight is 270 g/mol. The molecule has 1 atom stereocenters. The lowest BCUT2D eigenvalue weighted by molar-refractivity contribution is 0.199. The first-order valence-corrected chi connectivity index (χ1v) is 7.09. The SMILES string of the molecule is CCc1ccc(COc2ccc(C(C)O)cc2C)cc1. The van der Waals surface area contributed by atoms with Crippen LogP contribution < -0.4 is 4.74 Å². The second kappa shape index (κ2) is 6.58. The average Bonchev–Trinajstić information content (AvgIpc) is 2.46. The van der Waals surface area contributed by atoms with Crippen molar-refractivity contribution >= 4 is 0 Å². The summed E-state index contributed by atoms with van der Waals surface area (Å²) in [5.41, 5.74) is 4.48. The molecule has 1 N–H and O–H groups in total. The molecule has 2 aromatic carbocycles. The van der Waals surface area contributed by atoms with Crippen molar-refractivity contribution in [1.29, 1.82) is 0 Å². The van der Waals surface area contributed by atoms with Gasteiger partial charge in [-0.05, 0) is 54.7 Å². The van der Waals surface area contributed by atoms with Crippen LogP contribution in [0.2, 0.25) is 0 Å². The second-order valence-corrected chi connectivity index (χ2v) is 5.16. The van der Waals surface area contributed by atoms with Gasteiger partial charge in [-0.25, -0.2) is 0 Å². The highest BCUT2D eigenvalue weighted by Crippen LogP contribution is 2.23. The summed E-state index contributed by atoms with van der Waals surface area (Å²) in [6, 6.07) is 14.3. The zero-order valence-corrected chi connectivity index (χ0v) is 12.4. The van der Waals surface area contributed by atoms with E-state index in [0.717, 1.165) is 23.3 Å². The highest BCUT2D eigenvalue weighted by Gasteiger charge is 2.05. The molecule has 0 radical (unpaired) electrons. The van der Waals surface area contributed by atoms with E-state index in [0.29, 0.717) is 6.61 Å². The molecule has 0 saturated carbocycles. The van der Waals surface area contributed by atoms with Gasteiger partial charge in [0, 0.05) is 0 Å². The van der Waals surface area contributed by atoms with Crippen molar-refractivity contribution in [3.63, 3.8) is 0 Å². The number of aryl methyl sites for hydroxylation is 2. The minimum absolute atomic E-state index is 0.440. The Hall–Kier alpha value is -1.80. The molecule has 0 aromatic heterocycles. The highest BCUT2D eigenvalue weighted by molar-refractivity contribution is 5.37. The fourth-order valence-electron chi connectivity index (χ4n) is 2.13. The summed E-state index contributed by atoms with van der Waals surface area (Å²) in [6.07, 6.45) is 0.616. The largest absolute Gasteiger partial charge is 0.489 e. The van der Waals surface area contributed by atoms with Crippen LogP contribution in [-0.4, -0.2) is 5.11 Å². The maximum Gasteiger partial charge on any atom is 0.122 e. The van der Waals surface area contributed by atoms with E-state index in [-0.39, 0.29) is 0 Å². The summed E-state index contributed by atoms with van der Waals surface area (Å²) in [4.78, 5) is 0. The van der Waals surface area contributed by atoms with Crippen LogP contribution in [0.25, 0.3) is 0 Å². The third-order valence-corrected chi connectivity index (χ3v) is 3.51. The molecular weight excluding hydrogens is 248 g/mol. The molecule has 2 rings (SSSR count). The Labute approximate surface area is 121 Å². The zero-order valence-electron chi connectivity index (χ0n) is 12.4. The minimum Gasteiger partial charge on any atom is -0.489 e. The van der Waals surface area contributed by atoms with Gasteiger partial charge in [0.25, 0.3) is 0 Å². The third kappa shape index (κ3) is 3.61. The summed E-state index contributed by atoms with van der Waals surface area (Å²) >= 11 is 0. The molecule has 2 nitrogen and oxygen atoms in total. The van der Waals surface area contributed by atoms with Crippen molar-refractivity contribution in [3.8, 4) is 5.75 Å². The molecule has 0 aliphatic rings. The lowest BCUT2D eigenvalue weighted by atomic mass is 10.1. The predicted octanol–water partition coefficient (Wildman–Crippen LogP) is 4.19. The quantitative estimate of drug-likeness (QED) is 0.882. The fraction of sp³-hybridized carbons (Fsp3) is 0.333. The number of hydrogen-bond acceptors (Lipinski definition) is 2. The van der Waals surface area contributed by atoms with Crippen molar-refractivity contribution in [1.82, 2.24) is 0 Å². The van der Waals surface area contributed by atoms with Crippen molar-refractivity contribution in [3.05, 3.63) is 64.7 Å². The molecule has 0 spiro atoms. The first kappa shape index (κ1) is 14.6. The standard InChI is InChI=1S/C18H22O2/c1-4-15-5-7-16(8-6-15)12-20-18-10-9-17(14(3)19)11-13(18)2/h5-11,14,19H,4,12H2,1-3H3. The molecular formula is C18H22O2. The Balaban J connectivity index is 2.03. The lowest BCUT2D eigenvalue weighted by Crippen LogP contribution is -1.99. The topological polar surface area (TPSA) is 29.5 Å². The molecule has 20 heavy (non-hydrogen) atoms. The predicted molar refractivity (Wildman–Crippen MR) is 82.0 cm³/mol. The summed E-state index contributed by atoms with van der Waals surface area (Å²) in [7, 11) is 0. The Morgan fingerprint density at radius 1 is 1.05 bits per heavy atom. The molecule has 0 fully saturated rings. The van der Waals surface area contributed by atoms with Gasteiger partial charge in [0.05, 0.1) is 6.10 Å². The number of benzene rings is 2. The van der Waals surface area contributed by atoms with E-state index in [9.17, 15) is 5.11 Å². The van der Waals surface area contributed by atoms with Gasteiger partial charge in [0.1, 0.15) is 12.4 Å². The molecule has 2 heteroatoms. The molecule has 0 aliphatic heterocycles. The van der Waals surface area contributed by atoms with Crippen LogP contribution in [0.1, 0.15) is 42.2 Å². The molecule has 1 unspecified atom stereocenters.